The van der Waals surface area contributed by atoms with E-state index in [1.807, 2.05) is 36.9 Å². The number of likely N-dealkylation sites (N-methyl/N-ethyl adjacent to an activating group) is 1. The van der Waals surface area contributed by atoms with Gasteiger partial charge in [0.1, 0.15) is 6.61 Å². The molecule has 0 bridgehead atoms. The van der Waals surface area contributed by atoms with E-state index >= 15 is 0 Å². The van der Waals surface area contributed by atoms with Crippen molar-refractivity contribution in [1.82, 2.24) is 25.6 Å². The predicted octanol–water partition coefficient (Wildman–Crippen LogP) is 0.493. The van der Waals surface area contributed by atoms with Gasteiger partial charge in [0.05, 0.1) is 12.6 Å². The lowest BCUT2D eigenvalue weighted by Gasteiger charge is -2.27. The Morgan fingerprint density at radius 3 is 2.65 bits per heavy atom. The lowest BCUT2D eigenvalue weighted by Crippen LogP contribution is -2.44. The summed E-state index contributed by atoms with van der Waals surface area (Å²) in [5.74, 6) is 0.132. The number of hydrogen-bond acceptors (Lipinski definition) is 6. The summed E-state index contributed by atoms with van der Waals surface area (Å²) in [6.45, 7) is 9.30. The minimum Gasteiger partial charge on any atom is -0.365 e. The van der Waals surface area contributed by atoms with Crippen LogP contribution in [-0.2, 0) is 20.7 Å². The van der Waals surface area contributed by atoms with Crippen LogP contribution in [0.3, 0.4) is 0 Å². The lowest BCUT2D eigenvalue weighted by molar-refractivity contribution is -0.138. The largest absolute Gasteiger partial charge is 0.365 e. The van der Waals surface area contributed by atoms with E-state index in [0.29, 0.717) is 45.3 Å². The molecule has 31 heavy (non-hydrogen) atoms. The minimum atomic E-state index is -0.184. The number of carbonyl (C=O) groups is 2. The molecule has 2 fully saturated rings. The second-order valence-corrected chi connectivity index (χ2v) is 8.33. The molecule has 0 aliphatic carbocycles. The van der Waals surface area contributed by atoms with Crippen LogP contribution in [0.2, 0.25) is 0 Å². The molecule has 2 N–H and O–H groups in total. The second-order valence-electron chi connectivity index (χ2n) is 8.33. The zero-order valence-corrected chi connectivity index (χ0v) is 18.9. The van der Waals surface area contributed by atoms with Gasteiger partial charge >= 0.3 is 0 Å². The Morgan fingerprint density at radius 1 is 1.19 bits per heavy atom. The fraction of sp³-hybridized carbons (Fsp3) is 0.652. The molecule has 2 aliphatic heterocycles. The van der Waals surface area contributed by atoms with Gasteiger partial charge in [0.2, 0.25) is 11.8 Å². The van der Waals surface area contributed by atoms with E-state index in [1.54, 1.807) is 4.90 Å². The van der Waals surface area contributed by atoms with E-state index in [4.69, 9.17) is 4.74 Å². The van der Waals surface area contributed by atoms with Gasteiger partial charge in [-0.3, -0.25) is 25.3 Å². The van der Waals surface area contributed by atoms with E-state index < -0.39 is 0 Å². The first-order chi connectivity index (χ1) is 15.1. The molecule has 0 radical (unpaired) electrons. The molecule has 172 valence electrons. The van der Waals surface area contributed by atoms with E-state index in [1.165, 1.54) is 5.56 Å². The number of benzene rings is 1. The summed E-state index contributed by atoms with van der Waals surface area (Å²) in [6.07, 6.45) is 1.66. The van der Waals surface area contributed by atoms with Crippen molar-refractivity contribution in [2.45, 2.75) is 38.8 Å². The molecule has 0 aromatic heterocycles. The Hall–Kier alpha value is -2.00. The van der Waals surface area contributed by atoms with Gasteiger partial charge in [-0.1, -0.05) is 30.3 Å². The highest BCUT2D eigenvalue weighted by Gasteiger charge is 2.30. The van der Waals surface area contributed by atoms with Crippen LogP contribution < -0.4 is 10.9 Å². The van der Waals surface area contributed by atoms with E-state index in [-0.39, 0.29) is 24.5 Å². The van der Waals surface area contributed by atoms with Gasteiger partial charge in [-0.25, -0.2) is 0 Å². The fourth-order valence-electron chi connectivity index (χ4n) is 4.26. The summed E-state index contributed by atoms with van der Waals surface area (Å²) < 4.78 is 6.07. The normalized spacial score (nSPS) is 22.5. The molecule has 0 spiro atoms. The average Bonchev–Trinajstić information content (AvgIpc) is 3.23. The van der Waals surface area contributed by atoms with Crippen molar-refractivity contribution < 1.29 is 14.3 Å². The highest BCUT2D eigenvalue weighted by atomic mass is 16.5. The van der Waals surface area contributed by atoms with Gasteiger partial charge in [-0.15, -0.1) is 0 Å². The van der Waals surface area contributed by atoms with Crippen LogP contribution in [0, 0.1) is 0 Å². The SMILES string of the molecule is CCN(CC)C(=O)COC1CN(CC2CCNN2)CC(=O)N(CCc2ccccc2)C1. The number of nitrogens with one attached hydrogen (secondary N) is 2. The van der Waals surface area contributed by atoms with Crippen molar-refractivity contribution in [2.75, 3.05) is 59.0 Å². The predicted molar refractivity (Wildman–Crippen MR) is 120 cm³/mol. The molecule has 1 aromatic carbocycles. The first-order valence-corrected chi connectivity index (χ1v) is 11.5. The van der Waals surface area contributed by atoms with Gasteiger partial charge in [0.15, 0.2) is 0 Å². The molecule has 0 saturated carbocycles. The van der Waals surface area contributed by atoms with E-state index in [0.717, 1.165) is 25.9 Å². The van der Waals surface area contributed by atoms with Gasteiger partial charge in [0.25, 0.3) is 0 Å². The maximum absolute atomic E-state index is 13.0. The molecule has 2 amide bonds. The Labute approximate surface area is 185 Å². The molecule has 3 rings (SSSR count). The molecule has 8 nitrogen and oxygen atoms in total. The van der Waals surface area contributed by atoms with Crippen molar-refractivity contribution in [3.63, 3.8) is 0 Å². The molecule has 1 aromatic rings. The summed E-state index contributed by atoms with van der Waals surface area (Å²) in [4.78, 5) is 31.3. The van der Waals surface area contributed by atoms with Crippen molar-refractivity contribution in [1.29, 1.82) is 0 Å². The van der Waals surface area contributed by atoms with Crippen LogP contribution in [0.1, 0.15) is 25.8 Å². The van der Waals surface area contributed by atoms with Gasteiger partial charge < -0.3 is 14.5 Å². The van der Waals surface area contributed by atoms with Crippen LogP contribution in [0.15, 0.2) is 30.3 Å². The number of hydrogen-bond donors (Lipinski definition) is 2. The summed E-state index contributed by atoms with van der Waals surface area (Å²) >= 11 is 0. The maximum atomic E-state index is 13.0. The molecular weight excluding hydrogens is 394 g/mol. The standard InChI is InChI=1S/C23H37N5O3/c1-3-27(4-2)23(30)18-31-21-15-26(14-20-10-12-24-25-20)17-22(29)28(16-21)13-11-19-8-6-5-7-9-19/h5-9,20-21,24-25H,3-4,10-18H2,1-2H3. The average molecular weight is 432 g/mol. The number of nitrogens with zero attached hydrogens (tertiary/aromatic N) is 3. The van der Waals surface area contributed by atoms with Crippen LogP contribution in [-0.4, -0.2) is 97.6 Å². The number of ether oxygens (including phenoxy) is 1. The van der Waals surface area contributed by atoms with E-state index in [9.17, 15) is 9.59 Å². The smallest absolute Gasteiger partial charge is 0.248 e. The first-order valence-electron chi connectivity index (χ1n) is 11.5. The third kappa shape index (κ3) is 7.28. The highest BCUT2D eigenvalue weighted by molar-refractivity contribution is 5.79. The molecule has 2 heterocycles. The zero-order valence-electron chi connectivity index (χ0n) is 18.9. The highest BCUT2D eigenvalue weighted by Crippen LogP contribution is 2.12. The van der Waals surface area contributed by atoms with Gasteiger partial charge in [0, 0.05) is 51.9 Å². The maximum Gasteiger partial charge on any atom is 0.248 e. The van der Waals surface area contributed by atoms with Gasteiger partial charge in [-0.2, -0.15) is 0 Å². The molecule has 2 saturated heterocycles. The number of hydrazine groups is 1. The number of amides is 2. The van der Waals surface area contributed by atoms with Crippen LogP contribution in [0.25, 0.3) is 0 Å². The van der Waals surface area contributed by atoms with E-state index in [2.05, 4.69) is 27.9 Å². The molecule has 8 heteroatoms. The summed E-state index contributed by atoms with van der Waals surface area (Å²) in [5, 5.41) is 0. The first kappa shape index (κ1) is 23.7. The Kier molecular flexibility index (Phi) is 9.27. The monoisotopic (exact) mass is 431 g/mol. The fourth-order valence-corrected chi connectivity index (χ4v) is 4.26. The van der Waals surface area contributed by atoms with Crippen molar-refractivity contribution >= 4 is 11.8 Å². The zero-order chi connectivity index (χ0) is 22.1. The Balaban J connectivity index is 1.62. The molecule has 2 atom stereocenters. The van der Waals surface area contributed by atoms with Crippen LogP contribution in [0.5, 0.6) is 0 Å². The molecule has 2 unspecified atom stereocenters. The van der Waals surface area contributed by atoms with Crippen molar-refractivity contribution in [3.8, 4) is 0 Å². The summed E-state index contributed by atoms with van der Waals surface area (Å²) in [7, 11) is 0. The Bertz CT molecular complexity index is 692. The third-order valence-corrected chi connectivity index (χ3v) is 6.07. The second kappa shape index (κ2) is 12.1. The van der Waals surface area contributed by atoms with Crippen LogP contribution >= 0.6 is 0 Å². The van der Waals surface area contributed by atoms with Gasteiger partial charge in [-0.05, 0) is 32.3 Å². The molecule has 2 aliphatic rings. The summed E-state index contributed by atoms with van der Waals surface area (Å²) in [5.41, 5.74) is 7.65. The molecular formula is C23H37N5O3. The van der Waals surface area contributed by atoms with Crippen molar-refractivity contribution in [3.05, 3.63) is 35.9 Å². The minimum absolute atomic E-state index is 0.00428. The third-order valence-electron chi connectivity index (χ3n) is 6.07. The number of rotatable bonds is 10. The number of carbonyl (C=O) groups excluding carboxylic acids is 2. The summed E-state index contributed by atoms with van der Waals surface area (Å²) in [6, 6.07) is 10.5. The topological polar surface area (TPSA) is 77.1 Å². The Morgan fingerprint density at radius 2 is 1.97 bits per heavy atom. The van der Waals surface area contributed by atoms with Crippen LogP contribution in [0.4, 0.5) is 0 Å². The lowest BCUT2D eigenvalue weighted by atomic mass is 10.1. The van der Waals surface area contributed by atoms with Crippen molar-refractivity contribution in [2.24, 2.45) is 0 Å². The quantitative estimate of drug-likeness (QED) is 0.562.